The zero-order chi connectivity index (χ0) is 38.1. The highest BCUT2D eigenvalue weighted by molar-refractivity contribution is 8.01. The van der Waals surface area contributed by atoms with Crippen LogP contribution in [0.15, 0.2) is 132 Å². The Morgan fingerprint density at radius 2 is 1.56 bits per heavy atom. The number of thioether (sulfide) groups is 1. The molecule has 3 N–H and O–H groups in total. The van der Waals surface area contributed by atoms with E-state index in [2.05, 4.69) is 23.6 Å². The standard InChI is InChI=1S/C44H43N3O6S2/c1-28-38(27-54-44-47-36-14-8-9-15-39(36)55-44)52-42(53-40(28)32-18-16-30(26-48)17-19-32)33-22-20-31(21-23-33)35-13-7-6-12-34(35)25-45-43(50)46-37(41(49)51-2)24-29-10-4-3-5-11-29/h3-23,28,37-38,40,42,48H,24-27H2,1-2H3,(H2,45,46,50)/t28-,37+,38+,40+,42+/m1/s1. The molecule has 0 bridgehead atoms. The Morgan fingerprint density at radius 3 is 2.31 bits per heavy atom. The summed E-state index contributed by atoms with van der Waals surface area (Å²) in [5, 5.41) is 15.3. The molecule has 55 heavy (non-hydrogen) atoms. The summed E-state index contributed by atoms with van der Waals surface area (Å²) < 4.78 is 20.5. The maximum atomic E-state index is 13.0. The van der Waals surface area contributed by atoms with Crippen molar-refractivity contribution in [3.63, 3.8) is 0 Å². The summed E-state index contributed by atoms with van der Waals surface area (Å²) in [5.41, 5.74) is 7.55. The molecule has 1 aromatic heterocycles. The third-order valence-electron chi connectivity index (χ3n) is 9.79. The van der Waals surface area contributed by atoms with Crippen LogP contribution < -0.4 is 10.6 Å². The average molecular weight is 774 g/mol. The number of ether oxygens (including phenoxy) is 3. The van der Waals surface area contributed by atoms with Crippen molar-refractivity contribution in [1.82, 2.24) is 15.6 Å². The highest BCUT2D eigenvalue weighted by atomic mass is 32.2. The van der Waals surface area contributed by atoms with Gasteiger partial charge in [0.25, 0.3) is 0 Å². The number of hydrogen-bond donors (Lipinski definition) is 3. The van der Waals surface area contributed by atoms with Crippen LogP contribution in [-0.2, 0) is 38.6 Å². The second-order valence-corrected chi connectivity index (χ2v) is 15.7. The third kappa shape index (κ3) is 9.44. The van der Waals surface area contributed by atoms with Crippen molar-refractivity contribution >= 4 is 45.3 Å². The summed E-state index contributed by atoms with van der Waals surface area (Å²) in [6, 6.07) is 40.4. The quantitative estimate of drug-likeness (QED) is 0.0789. The fraction of sp³-hybridized carbons (Fsp3) is 0.250. The number of aromatic nitrogens is 1. The van der Waals surface area contributed by atoms with E-state index in [0.717, 1.165) is 53.5 Å². The van der Waals surface area contributed by atoms with Gasteiger partial charge < -0.3 is 30.0 Å². The summed E-state index contributed by atoms with van der Waals surface area (Å²) in [7, 11) is 1.31. The summed E-state index contributed by atoms with van der Waals surface area (Å²) in [6.45, 7) is 2.40. The van der Waals surface area contributed by atoms with E-state index in [9.17, 15) is 14.7 Å². The number of methoxy groups -OCH3 is 1. The van der Waals surface area contributed by atoms with Gasteiger partial charge in [-0.1, -0.05) is 134 Å². The number of aliphatic hydroxyl groups excluding tert-OH is 1. The smallest absolute Gasteiger partial charge is 0.328 e. The first kappa shape index (κ1) is 38.2. The molecule has 5 atom stereocenters. The van der Waals surface area contributed by atoms with Gasteiger partial charge in [-0.05, 0) is 45.5 Å². The second kappa shape index (κ2) is 18.1. The van der Waals surface area contributed by atoms with Crippen molar-refractivity contribution in [2.75, 3.05) is 12.9 Å². The van der Waals surface area contributed by atoms with E-state index in [-0.39, 0.29) is 31.3 Å². The van der Waals surface area contributed by atoms with Gasteiger partial charge >= 0.3 is 12.0 Å². The van der Waals surface area contributed by atoms with Gasteiger partial charge in [-0.15, -0.1) is 11.3 Å². The molecule has 1 fully saturated rings. The molecule has 9 nitrogen and oxygen atoms in total. The van der Waals surface area contributed by atoms with Crippen LogP contribution in [-0.4, -0.2) is 47.1 Å². The third-order valence-corrected chi connectivity index (χ3v) is 12.1. The molecule has 0 unspecified atom stereocenters. The highest BCUT2D eigenvalue weighted by Gasteiger charge is 2.38. The van der Waals surface area contributed by atoms with Crippen molar-refractivity contribution in [3.05, 3.63) is 155 Å². The fourth-order valence-corrected chi connectivity index (χ4v) is 8.98. The van der Waals surface area contributed by atoms with Gasteiger partial charge in [0.1, 0.15) is 6.04 Å². The number of carbonyl (C=O) groups excluding carboxylic acids is 2. The molecular formula is C44H43N3O6S2. The number of thiazole rings is 1. The van der Waals surface area contributed by atoms with Crippen molar-refractivity contribution < 1.29 is 28.9 Å². The van der Waals surface area contributed by atoms with E-state index in [1.807, 2.05) is 121 Å². The molecule has 7 rings (SSSR count). The van der Waals surface area contributed by atoms with E-state index < -0.39 is 24.3 Å². The van der Waals surface area contributed by atoms with Gasteiger partial charge in [0.15, 0.2) is 10.6 Å². The van der Waals surface area contributed by atoms with Gasteiger partial charge in [0.05, 0.1) is 36.1 Å². The number of esters is 1. The van der Waals surface area contributed by atoms with Crippen LogP contribution in [0.1, 0.15) is 47.1 Å². The van der Waals surface area contributed by atoms with Crippen molar-refractivity contribution in [3.8, 4) is 11.1 Å². The number of hydrogen-bond acceptors (Lipinski definition) is 9. The molecule has 0 spiro atoms. The minimum absolute atomic E-state index is 0.0160. The first-order valence-corrected chi connectivity index (χ1v) is 20.0. The van der Waals surface area contributed by atoms with E-state index in [0.29, 0.717) is 12.2 Å². The Bertz CT molecular complexity index is 2160. The van der Waals surface area contributed by atoms with E-state index in [1.165, 1.54) is 7.11 Å². The number of urea groups is 1. The van der Waals surface area contributed by atoms with Gasteiger partial charge in [-0.3, -0.25) is 0 Å². The second-order valence-electron chi connectivity index (χ2n) is 13.5. The number of carbonyl (C=O) groups is 2. The van der Waals surface area contributed by atoms with E-state index in [4.69, 9.17) is 19.2 Å². The molecule has 5 aromatic carbocycles. The topological polar surface area (TPSA) is 119 Å². The highest BCUT2D eigenvalue weighted by Crippen LogP contribution is 2.44. The SMILES string of the molecule is COC(=O)[C@H](Cc1ccccc1)NC(=O)NCc1ccccc1-c1ccc([C@H]2O[C@@H](CSc3nc4ccccc4s3)[C@@H](C)[C@@H](c3ccc(CO)cc3)O2)cc1. The number of nitrogens with zero attached hydrogens (tertiary/aromatic N) is 1. The molecule has 1 aliphatic rings. The Kier molecular flexibility index (Phi) is 12.6. The van der Waals surface area contributed by atoms with Crippen LogP contribution in [0, 0.1) is 5.92 Å². The van der Waals surface area contributed by atoms with Crippen LogP contribution in [0.2, 0.25) is 0 Å². The Hall–Kier alpha value is -5.04. The number of para-hydroxylation sites is 1. The molecule has 6 aromatic rings. The van der Waals surface area contributed by atoms with Gasteiger partial charge in [0, 0.05) is 30.2 Å². The summed E-state index contributed by atoms with van der Waals surface area (Å²) in [5.74, 6) is 0.254. The van der Waals surface area contributed by atoms with Crippen LogP contribution >= 0.6 is 23.1 Å². The van der Waals surface area contributed by atoms with Crippen LogP contribution in [0.5, 0.6) is 0 Å². The zero-order valence-corrected chi connectivity index (χ0v) is 32.2. The number of fused-ring (bicyclic) bond motifs is 1. The molecule has 1 saturated heterocycles. The number of rotatable bonds is 13. The van der Waals surface area contributed by atoms with Crippen LogP contribution in [0.25, 0.3) is 21.3 Å². The molecule has 11 heteroatoms. The van der Waals surface area contributed by atoms with E-state index >= 15 is 0 Å². The maximum Gasteiger partial charge on any atom is 0.328 e. The monoisotopic (exact) mass is 773 g/mol. The molecule has 2 heterocycles. The number of aliphatic hydroxyl groups is 1. The lowest BCUT2D eigenvalue weighted by atomic mass is 9.91. The van der Waals surface area contributed by atoms with Crippen LogP contribution in [0.4, 0.5) is 4.79 Å². The van der Waals surface area contributed by atoms with Crippen LogP contribution in [0.3, 0.4) is 0 Å². The molecule has 282 valence electrons. The largest absolute Gasteiger partial charge is 0.467 e. The summed E-state index contributed by atoms with van der Waals surface area (Å²) >= 11 is 3.40. The number of nitrogens with one attached hydrogen (secondary N) is 2. The lowest BCUT2D eigenvalue weighted by Crippen LogP contribution is -2.47. The first-order chi connectivity index (χ1) is 26.9. The van der Waals surface area contributed by atoms with Crippen molar-refractivity contribution in [1.29, 1.82) is 0 Å². The maximum absolute atomic E-state index is 13.0. The molecule has 1 aliphatic heterocycles. The zero-order valence-electron chi connectivity index (χ0n) is 30.6. The minimum Gasteiger partial charge on any atom is -0.467 e. The molecule has 0 radical (unpaired) electrons. The van der Waals surface area contributed by atoms with Crippen molar-refractivity contribution in [2.45, 2.75) is 55.4 Å². The predicted molar refractivity (Wildman–Crippen MR) is 217 cm³/mol. The van der Waals surface area contributed by atoms with Gasteiger partial charge in [-0.2, -0.15) is 0 Å². The normalized spacial score (nSPS) is 18.7. The summed E-state index contributed by atoms with van der Waals surface area (Å²) in [4.78, 5) is 30.3. The Morgan fingerprint density at radius 1 is 0.855 bits per heavy atom. The Balaban J connectivity index is 1.05. The molecular weight excluding hydrogens is 731 g/mol. The minimum atomic E-state index is -0.826. The van der Waals surface area contributed by atoms with Gasteiger partial charge in [0.2, 0.25) is 0 Å². The Labute approximate surface area is 329 Å². The average Bonchev–Trinajstić information content (AvgIpc) is 3.66. The summed E-state index contributed by atoms with van der Waals surface area (Å²) in [6.07, 6.45) is -0.636. The molecule has 0 saturated carbocycles. The number of amides is 2. The van der Waals surface area contributed by atoms with Crippen molar-refractivity contribution in [2.24, 2.45) is 5.92 Å². The fourth-order valence-electron chi connectivity index (χ4n) is 6.72. The number of benzene rings is 5. The first-order valence-electron chi connectivity index (χ1n) is 18.2. The van der Waals surface area contributed by atoms with E-state index in [1.54, 1.807) is 23.1 Å². The molecule has 0 aliphatic carbocycles. The van der Waals surface area contributed by atoms with Gasteiger partial charge in [-0.25, -0.2) is 14.6 Å². The molecule has 2 amide bonds. The predicted octanol–water partition coefficient (Wildman–Crippen LogP) is 8.62. The lowest BCUT2D eigenvalue weighted by molar-refractivity contribution is -0.268. The lowest BCUT2D eigenvalue weighted by Gasteiger charge is -2.41.